The van der Waals surface area contributed by atoms with Crippen LogP contribution >= 0.6 is 0 Å². The zero-order valence-electron chi connectivity index (χ0n) is 9.73. The Morgan fingerprint density at radius 3 is 2.69 bits per heavy atom. The zero-order valence-corrected chi connectivity index (χ0v) is 9.73. The highest BCUT2D eigenvalue weighted by atomic mass is 16.7. The molecule has 1 aromatic carbocycles. The summed E-state index contributed by atoms with van der Waals surface area (Å²) in [7, 11) is 1.55. The number of rotatable bonds is 7. The minimum Gasteiger partial charge on any atom is -0.493 e. The van der Waals surface area contributed by atoms with Gasteiger partial charge in [-0.2, -0.15) is 0 Å². The largest absolute Gasteiger partial charge is 0.493 e. The third-order valence-electron chi connectivity index (χ3n) is 2.01. The molecule has 0 saturated heterocycles. The first-order valence-corrected chi connectivity index (χ1v) is 5.30. The second-order valence-electron chi connectivity index (χ2n) is 3.33. The Morgan fingerprint density at radius 2 is 2.06 bits per heavy atom. The highest BCUT2D eigenvalue weighted by Gasteiger charge is 2.05. The molecule has 1 rings (SSSR count). The Balaban J connectivity index is 2.74. The van der Waals surface area contributed by atoms with Crippen molar-refractivity contribution in [3.63, 3.8) is 0 Å². The molecule has 90 valence electrons. The van der Waals surface area contributed by atoms with E-state index in [1.165, 1.54) is 0 Å². The van der Waals surface area contributed by atoms with Crippen molar-refractivity contribution in [1.82, 2.24) is 0 Å². The lowest BCUT2D eigenvalue weighted by Gasteiger charge is -2.11. The van der Waals surface area contributed by atoms with E-state index in [0.717, 1.165) is 17.7 Å². The first-order chi connectivity index (χ1) is 7.81. The highest BCUT2D eigenvalue weighted by Crippen LogP contribution is 2.25. The summed E-state index contributed by atoms with van der Waals surface area (Å²) in [4.78, 5) is 0. The van der Waals surface area contributed by atoms with E-state index in [-0.39, 0.29) is 13.4 Å². The fourth-order valence-electron chi connectivity index (χ4n) is 1.23. The third-order valence-corrected chi connectivity index (χ3v) is 2.01. The number of ether oxygens (including phenoxy) is 3. The second kappa shape index (κ2) is 7.09. The van der Waals surface area contributed by atoms with Crippen molar-refractivity contribution in [2.24, 2.45) is 0 Å². The molecule has 0 amide bonds. The minimum atomic E-state index is -0.0624. The molecule has 0 fully saturated rings. The van der Waals surface area contributed by atoms with E-state index in [1.54, 1.807) is 19.2 Å². The summed E-state index contributed by atoms with van der Waals surface area (Å²) < 4.78 is 15.6. The van der Waals surface area contributed by atoms with E-state index in [1.807, 2.05) is 13.0 Å². The number of benzene rings is 1. The normalized spacial score (nSPS) is 10.2. The lowest BCUT2D eigenvalue weighted by atomic mass is 10.2. The molecule has 0 aliphatic rings. The van der Waals surface area contributed by atoms with E-state index < -0.39 is 0 Å². The predicted octanol–water partition coefficient (Wildman–Crippen LogP) is 1.95. The summed E-state index contributed by atoms with van der Waals surface area (Å²) in [5.41, 5.74) is 0.723. The van der Waals surface area contributed by atoms with Crippen LogP contribution in [0.1, 0.15) is 18.9 Å². The fraction of sp³-hybridized carbons (Fsp3) is 0.500. The van der Waals surface area contributed by atoms with Crippen molar-refractivity contribution in [3.8, 4) is 11.5 Å². The standard InChI is InChI=1S/C12H18O4/c1-3-6-15-11-5-4-10(8-13)12(7-11)16-9-14-2/h4-5,7,13H,3,6,8-9H2,1-2H3. The van der Waals surface area contributed by atoms with E-state index in [9.17, 15) is 0 Å². The third kappa shape index (κ3) is 3.72. The summed E-state index contributed by atoms with van der Waals surface area (Å²) in [5, 5.41) is 9.12. The lowest BCUT2D eigenvalue weighted by molar-refractivity contribution is 0.0493. The topological polar surface area (TPSA) is 47.9 Å². The van der Waals surface area contributed by atoms with Gasteiger partial charge in [0.1, 0.15) is 11.5 Å². The number of aliphatic hydroxyl groups is 1. The van der Waals surface area contributed by atoms with E-state index >= 15 is 0 Å². The molecule has 16 heavy (non-hydrogen) atoms. The minimum absolute atomic E-state index is 0.0624. The van der Waals surface area contributed by atoms with Crippen LogP contribution in [0.15, 0.2) is 18.2 Å². The zero-order chi connectivity index (χ0) is 11.8. The SMILES string of the molecule is CCCOc1ccc(CO)c(OCOC)c1. The van der Waals surface area contributed by atoms with Gasteiger partial charge in [-0.1, -0.05) is 6.92 Å². The van der Waals surface area contributed by atoms with Gasteiger partial charge in [0.15, 0.2) is 6.79 Å². The number of hydrogen-bond donors (Lipinski definition) is 1. The molecule has 0 spiro atoms. The fourth-order valence-corrected chi connectivity index (χ4v) is 1.23. The van der Waals surface area contributed by atoms with Crippen molar-refractivity contribution in [2.75, 3.05) is 20.5 Å². The van der Waals surface area contributed by atoms with Gasteiger partial charge in [-0.15, -0.1) is 0 Å². The summed E-state index contributed by atoms with van der Waals surface area (Å²) >= 11 is 0. The molecule has 1 N–H and O–H groups in total. The first kappa shape index (κ1) is 12.8. The van der Waals surface area contributed by atoms with Gasteiger partial charge in [0.2, 0.25) is 0 Å². The molecular weight excluding hydrogens is 208 g/mol. The molecule has 4 nitrogen and oxygen atoms in total. The lowest BCUT2D eigenvalue weighted by Crippen LogP contribution is -2.03. The van der Waals surface area contributed by atoms with Gasteiger partial charge in [0.05, 0.1) is 13.2 Å². The van der Waals surface area contributed by atoms with Gasteiger partial charge >= 0.3 is 0 Å². The van der Waals surface area contributed by atoms with Crippen LogP contribution in [0.5, 0.6) is 11.5 Å². The van der Waals surface area contributed by atoms with Crippen molar-refractivity contribution in [1.29, 1.82) is 0 Å². The average molecular weight is 226 g/mol. The van der Waals surface area contributed by atoms with Gasteiger partial charge in [0, 0.05) is 18.7 Å². The molecule has 0 unspecified atom stereocenters. The molecule has 4 heteroatoms. The highest BCUT2D eigenvalue weighted by molar-refractivity contribution is 5.40. The van der Waals surface area contributed by atoms with Crippen LogP contribution in [0.25, 0.3) is 0 Å². The molecular formula is C12H18O4. The molecule has 0 bridgehead atoms. The average Bonchev–Trinajstić information content (AvgIpc) is 2.33. The summed E-state index contributed by atoms with van der Waals surface area (Å²) in [6.07, 6.45) is 0.954. The van der Waals surface area contributed by atoms with Crippen LogP contribution in [0.3, 0.4) is 0 Å². The summed E-state index contributed by atoms with van der Waals surface area (Å²) in [5.74, 6) is 1.34. The molecule has 0 atom stereocenters. The number of methoxy groups -OCH3 is 1. The van der Waals surface area contributed by atoms with Gasteiger partial charge in [-0.3, -0.25) is 0 Å². The molecule has 0 aliphatic heterocycles. The van der Waals surface area contributed by atoms with Crippen molar-refractivity contribution in [2.45, 2.75) is 20.0 Å². The predicted molar refractivity (Wildman–Crippen MR) is 60.7 cm³/mol. The Labute approximate surface area is 95.8 Å². The molecule has 0 saturated carbocycles. The molecule has 1 aromatic rings. The Bertz CT molecular complexity index is 312. The number of aliphatic hydroxyl groups excluding tert-OH is 1. The maximum absolute atomic E-state index is 9.12. The maximum atomic E-state index is 9.12. The van der Waals surface area contributed by atoms with Gasteiger partial charge < -0.3 is 19.3 Å². The van der Waals surface area contributed by atoms with E-state index in [0.29, 0.717) is 12.4 Å². The van der Waals surface area contributed by atoms with Crippen LogP contribution in [0, 0.1) is 0 Å². The van der Waals surface area contributed by atoms with Crippen molar-refractivity contribution < 1.29 is 19.3 Å². The summed E-state index contributed by atoms with van der Waals surface area (Å²) in [6.45, 7) is 2.81. The van der Waals surface area contributed by atoms with Crippen LogP contribution in [-0.4, -0.2) is 25.6 Å². The van der Waals surface area contributed by atoms with Crippen molar-refractivity contribution >= 4 is 0 Å². The Morgan fingerprint density at radius 1 is 1.25 bits per heavy atom. The maximum Gasteiger partial charge on any atom is 0.188 e. The van der Waals surface area contributed by atoms with E-state index in [4.69, 9.17) is 19.3 Å². The Hall–Kier alpha value is -1.26. The first-order valence-electron chi connectivity index (χ1n) is 5.30. The number of hydrogen-bond acceptors (Lipinski definition) is 4. The van der Waals surface area contributed by atoms with Crippen molar-refractivity contribution in [3.05, 3.63) is 23.8 Å². The Kier molecular flexibility index (Phi) is 5.67. The van der Waals surface area contributed by atoms with Gasteiger partial charge in [0.25, 0.3) is 0 Å². The van der Waals surface area contributed by atoms with Crippen LogP contribution in [0.4, 0.5) is 0 Å². The summed E-state index contributed by atoms with van der Waals surface area (Å²) in [6, 6.07) is 5.37. The molecule has 0 aliphatic carbocycles. The van der Waals surface area contributed by atoms with Gasteiger partial charge in [-0.05, 0) is 18.6 Å². The molecule has 0 heterocycles. The second-order valence-corrected chi connectivity index (χ2v) is 3.33. The van der Waals surface area contributed by atoms with Crippen LogP contribution in [0.2, 0.25) is 0 Å². The smallest absolute Gasteiger partial charge is 0.188 e. The molecule has 0 radical (unpaired) electrons. The van der Waals surface area contributed by atoms with Crippen LogP contribution in [-0.2, 0) is 11.3 Å². The quantitative estimate of drug-likeness (QED) is 0.722. The monoisotopic (exact) mass is 226 g/mol. The molecule has 0 aromatic heterocycles. The van der Waals surface area contributed by atoms with Crippen LogP contribution < -0.4 is 9.47 Å². The van der Waals surface area contributed by atoms with Gasteiger partial charge in [-0.25, -0.2) is 0 Å². The van der Waals surface area contributed by atoms with E-state index in [2.05, 4.69) is 0 Å².